The fourth-order valence-corrected chi connectivity index (χ4v) is 5.51. The van der Waals surface area contributed by atoms with Gasteiger partial charge in [0.25, 0.3) is 0 Å². The Morgan fingerprint density at radius 1 is 1.35 bits per heavy atom. The van der Waals surface area contributed by atoms with Gasteiger partial charge in [0, 0.05) is 6.08 Å². The Kier molecular flexibility index (Phi) is 5.43. The molecule has 0 spiro atoms. The van der Waals surface area contributed by atoms with Crippen LogP contribution in [0.3, 0.4) is 0 Å². The van der Waals surface area contributed by atoms with Crippen LogP contribution in [0.25, 0.3) is 0 Å². The Balaban J connectivity index is 2.14. The van der Waals surface area contributed by atoms with E-state index in [4.69, 9.17) is 4.74 Å². The second kappa shape index (κ2) is 6.83. The lowest BCUT2D eigenvalue weighted by molar-refractivity contribution is -0.134. The number of rotatable bonds is 4. The minimum absolute atomic E-state index is 0.243. The van der Waals surface area contributed by atoms with Crippen molar-refractivity contribution in [2.24, 2.45) is 22.7 Å². The molecule has 23 heavy (non-hydrogen) atoms. The zero-order valence-electron chi connectivity index (χ0n) is 15.7. The van der Waals surface area contributed by atoms with E-state index in [0.29, 0.717) is 16.7 Å². The molecule has 0 heterocycles. The molecular formula is C21H34O2. The van der Waals surface area contributed by atoms with E-state index in [1.165, 1.54) is 44.8 Å². The van der Waals surface area contributed by atoms with Crippen molar-refractivity contribution in [2.45, 2.75) is 72.6 Å². The summed E-state index contributed by atoms with van der Waals surface area (Å²) < 4.78 is 4.73. The van der Waals surface area contributed by atoms with Crippen LogP contribution in [-0.2, 0) is 9.53 Å². The number of ether oxygens (including phenoxy) is 1. The summed E-state index contributed by atoms with van der Waals surface area (Å²) in [4.78, 5) is 11.4. The van der Waals surface area contributed by atoms with E-state index >= 15 is 0 Å². The molecule has 2 aliphatic rings. The molecule has 2 aliphatic carbocycles. The summed E-state index contributed by atoms with van der Waals surface area (Å²) in [6, 6.07) is 0. The number of hydrogen-bond acceptors (Lipinski definition) is 2. The number of fused-ring (bicyclic) bond motifs is 1. The summed E-state index contributed by atoms with van der Waals surface area (Å²) in [6.45, 7) is 13.9. The first kappa shape index (κ1) is 18.3. The Morgan fingerprint density at radius 3 is 2.70 bits per heavy atom. The van der Waals surface area contributed by atoms with Crippen LogP contribution in [0, 0.1) is 22.7 Å². The molecule has 0 aliphatic heterocycles. The van der Waals surface area contributed by atoms with Crippen molar-refractivity contribution in [3.8, 4) is 0 Å². The normalized spacial score (nSPS) is 34.0. The summed E-state index contributed by atoms with van der Waals surface area (Å²) in [5, 5.41) is 0. The van der Waals surface area contributed by atoms with E-state index in [1.807, 2.05) is 6.92 Å². The molecule has 2 rings (SSSR count). The van der Waals surface area contributed by atoms with Crippen molar-refractivity contribution in [2.75, 3.05) is 7.11 Å². The highest BCUT2D eigenvalue weighted by Crippen LogP contribution is 2.61. The highest BCUT2D eigenvalue weighted by Gasteiger charge is 2.52. The van der Waals surface area contributed by atoms with E-state index in [2.05, 4.69) is 27.4 Å². The molecule has 0 bridgehead atoms. The average Bonchev–Trinajstić information content (AvgIpc) is 2.45. The highest BCUT2D eigenvalue weighted by atomic mass is 16.5. The van der Waals surface area contributed by atoms with Crippen LogP contribution in [0.15, 0.2) is 23.8 Å². The van der Waals surface area contributed by atoms with E-state index in [9.17, 15) is 4.79 Å². The van der Waals surface area contributed by atoms with Gasteiger partial charge in [-0.3, -0.25) is 0 Å². The van der Waals surface area contributed by atoms with Crippen molar-refractivity contribution in [1.82, 2.24) is 0 Å². The minimum Gasteiger partial charge on any atom is -0.466 e. The third-order valence-electron chi connectivity index (χ3n) is 6.71. The smallest absolute Gasteiger partial charge is 0.330 e. The monoisotopic (exact) mass is 318 g/mol. The van der Waals surface area contributed by atoms with Crippen LogP contribution in [0.5, 0.6) is 0 Å². The van der Waals surface area contributed by atoms with E-state index in [1.54, 1.807) is 6.08 Å². The van der Waals surface area contributed by atoms with Gasteiger partial charge in [-0.15, -0.1) is 0 Å². The first-order valence-corrected chi connectivity index (χ1v) is 9.13. The summed E-state index contributed by atoms with van der Waals surface area (Å²) in [5.74, 6) is 1.14. The van der Waals surface area contributed by atoms with Crippen LogP contribution in [0.2, 0.25) is 0 Å². The topological polar surface area (TPSA) is 26.3 Å². The Bertz CT molecular complexity index is 500. The Hall–Kier alpha value is -1.05. The number of carbonyl (C=O) groups excluding carboxylic acids is 1. The standard InChI is InChI=1S/C21H34O2/c1-15(14-19(22)23-6)8-10-17-16(2)9-11-18-20(3,4)12-7-13-21(17,18)5/h14,17-18H,2,7-13H2,1,3-6H3/t17-,18-,21+/m1/s1. The molecule has 130 valence electrons. The molecular weight excluding hydrogens is 284 g/mol. The van der Waals surface area contributed by atoms with Gasteiger partial charge < -0.3 is 4.74 Å². The van der Waals surface area contributed by atoms with Gasteiger partial charge in [0.1, 0.15) is 0 Å². The predicted molar refractivity (Wildman–Crippen MR) is 96.1 cm³/mol. The molecule has 2 fully saturated rings. The maximum absolute atomic E-state index is 11.4. The Labute approximate surface area is 142 Å². The largest absolute Gasteiger partial charge is 0.466 e. The van der Waals surface area contributed by atoms with Crippen LogP contribution < -0.4 is 0 Å². The number of methoxy groups -OCH3 is 1. The van der Waals surface area contributed by atoms with Crippen LogP contribution in [0.1, 0.15) is 72.6 Å². The lowest BCUT2D eigenvalue weighted by Gasteiger charge is -2.58. The summed E-state index contributed by atoms with van der Waals surface area (Å²) in [6.07, 6.45) is 10.2. The second-order valence-corrected chi connectivity index (χ2v) is 8.70. The van der Waals surface area contributed by atoms with Gasteiger partial charge in [0.15, 0.2) is 0 Å². The first-order valence-electron chi connectivity index (χ1n) is 9.13. The van der Waals surface area contributed by atoms with Gasteiger partial charge in [-0.1, -0.05) is 44.9 Å². The van der Waals surface area contributed by atoms with Crippen molar-refractivity contribution >= 4 is 5.97 Å². The maximum atomic E-state index is 11.4. The van der Waals surface area contributed by atoms with Gasteiger partial charge >= 0.3 is 5.97 Å². The molecule has 2 saturated carbocycles. The third-order valence-corrected chi connectivity index (χ3v) is 6.71. The number of hydrogen-bond donors (Lipinski definition) is 0. The molecule has 2 nitrogen and oxygen atoms in total. The molecule has 0 aromatic rings. The average molecular weight is 319 g/mol. The van der Waals surface area contributed by atoms with E-state index < -0.39 is 0 Å². The zero-order valence-corrected chi connectivity index (χ0v) is 15.7. The predicted octanol–water partition coefficient (Wildman–Crippen LogP) is 5.68. The fourth-order valence-electron chi connectivity index (χ4n) is 5.51. The van der Waals surface area contributed by atoms with Crippen LogP contribution in [-0.4, -0.2) is 13.1 Å². The third kappa shape index (κ3) is 3.72. The highest BCUT2D eigenvalue weighted by molar-refractivity contribution is 5.82. The molecule has 0 N–H and O–H groups in total. The van der Waals surface area contributed by atoms with E-state index in [0.717, 1.165) is 24.3 Å². The molecule has 0 saturated heterocycles. The van der Waals surface area contributed by atoms with Gasteiger partial charge in [0.2, 0.25) is 0 Å². The lowest BCUT2D eigenvalue weighted by atomic mass is 9.47. The van der Waals surface area contributed by atoms with E-state index in [-0.39, 0.29) is 5.97 Å². The second-order valence-electron chi connectivity index (χ2n) is 8.70. The van der Waals surface area contributed by atoms with Crippen molar-refractivity contribution in [3.63, 3.8) is 0 Å². The summed E-state index contributed by atoms with van der Waals surface area (Å²) in [5.41, 5.74) is 3.38. The van der Waals surface area contributed by atoms with Crippen molar-refractivity contribution < 1.29 is 9.53 Å². The number of carbonyl (C=O) groups is 1. The molecule has 2 heteroatoms. The van der Waals surface area contributed by atoms with Crippen LogP contribution in [0.4, 0.5) is 0 Å². The molecule has 0 radical (unpaired) electrons. The van der Waals surface area contributed by atoms with Gasteiger partial charge in [0.05, 0.1) is 7.11 Å². The molecule has 0 aromatic carbocycles. The van der Waals surface area contributed by atoms with Crippen molar-refractivity contribution in [1.29, 1.82) is 0 Å². The summed E-state index contributed by atoms with van der Waals surface area (Å²) in [7, 11) is 1.44. The molecule has 0 unspecified atom stereocenters. The molecule has 3 atom stereocenters. The minimum atomic E-state index is -0.243. The molecule has 0 amide bonds. The number of esters is 1. The van der Waals surface area contributed by atoms with Crippen LogP contribution >= 0.6 is 0 Å². The fraction of sp³-hybridized carbons (Fsp3) is 0.762. The SMILES string of the molecule is C=C1CC[C@@H]2C(C)(C)CCC[C@@]2(C)[C@@H]1CCC(C)=CC(=O)OC. The Morgan fingerprint density at radius 2 is 2.04 bits per heavy atom. The van der Waals surface area contributed by atoms with Gasteiger partial charge in [-0.05, 0) is 68.1 Å². The van der Waals surface area contributed by atoms with Gasteiger partial charge in [-0.25, -0.2) is 4.79 Å². The first-order chi connectivity index (χ1) is 10.7. The zero-order chi connectivity index (χ0) is 17.3. The molecule has 0 aromatic heterocycles. The van der Waals surface area contributed by atoms with Gasteiger partial charge in [-0.2, -0.15) is 0 Å². The summed E-state index contributed by atoms with van der Waals surface area (Å²) >= 11 is 0. The van der Waals surface area contributed by atoms with Crippen molar-refractivity contribution in [3.05, 3.63) is 23.8 Å². The maximum Gasteiger partial charge on any atom is 0.330 e. The number of allylic oxidation sites excluding steroid dienone is 2. The lowest BCUT2D eigenvalue weighted by Crippen LogP contribution is -2.49. The quantitative estimate of drug-likeness (QED) is 0.378.